The fraction of sp³-hybridized carbons (Fsp3) is 0.222. The number of hydrogen-bond donors (Lipinski definition) is 2. The van der Waals surface area contributed by atoms with E-state index >= 15 is 0 Å². The number of isothiocyanates is 1. The minimum atomic E-state index is -4.56. The summed E-state index contributed by atoms with van der Waals surface area (Å²) < 4.78 is 29.6. The summed E-state index contributed by atoms with van der Waals surface area (Å²) in [5.74, 6) is -1.54. The number of halogens is 2. The lowest BCUT2D eigenvalue weighted by Gasteiger charge is -2.38. The first-order valence-corrected chi connectivity index (χ1v) is 14.7. The number of amides is 2. The van der Waals surface area contributed by atoms with Crippen LogP contribution in [-0.2, 0) is 25.2 Å². The van der Waals surface area contributed by atoms with E-state index < -0.39 is 39.5 Å². The lowest BCUT2D eigenvalue weighted by Crippen LogP contribution is -2.59. The van der Waals surface area contributed by atoms with Crippen molar-refractivity contribution in [3.8, 4) is 0 Å². The van der Waals surface area contributed by atoms with Gasteiger partial charge in [0, 0.05) is 27.7 Å². The number of carbonyl (C=O) groups excluding carboxylic acids is 2. The van der Waals surface area contributed by atoms with Crippen molar-refractivity contribution in [1.82, 2.24) is 4.90 Å². The van der Waals surface area contributed by atoms with Crippen molar-refractivity contribution >= 4 is 73.8 Å². The van der Waals surface area contributed by atoms with E-state index in [9.17, 15) is 23.1 Å². The Balaban J connectivity index is 1.81. The van der Waals surface area contributed by atoms with Gasteiger partial charge in [-0.3, -0.25) is 9.59 Å². The molecule has 2 aliphatic rings. The molecule has 3 aromatic carbocycles. The summed E-state index contributed by atoms with van der Waals surface area (Å²) in [6.07, 6.45) is 0.779. The van der Waals surface area contributed by atoms with Crippen LogP contribution in [0.15, 0.2) is 76.6 Å². The largest absolute Gasteiger partial charge is 0.377 e. The number of likely N-dealkylation sites (tertiary alicyclic amines) is 1. The molecule has 0 aromatic heterocycles. The minimum Gasteiger partial charge on any atom is -0.377 e. The van der Waals surface area contributed by atoms with Gasteiger partial charge < -0.3 is 15.7 Å². The first kappa shape index (κ1) is 28.2. The summed E-state index contributed by atoms with van der Waals surface area (Å²) in [5.41, 5.74) is 3.69. The highest BCUT2D eigenvalue weighted by atomic mass is 35.5. The van der Waals surface area contributed by atoms with Crippen molar-refractivity contribution in [1.29, 1.82) is 0 Å². The van der Waals surface area contributed by atoms with E-state index in [2.05, 4.69) is 22.4 Å². The van der Waals surface area contributed by atoms with E-state index in [1.165, 1.54) is 53.4 Å². The van der Waals surface area contributed by atoms with Crippen LogP contribution in [0.2, 0.25) is 10.0 Å². The van der Waals surface area contributed by atoms with E-state index in [0.29, 0.717) is 12.8 Å². The summed E-state index contributed by atoms with van der Waals surface area (Å²) in [6.45, 7) is 0.144. The molecular formula is C27H22Cl2N4O5S2. The second kappa shape index (κ2) is 10.6. The SMILES string of the molecule is NC(=O)[C@@H]1CCCN1C(=O)[C@@H]1N(S(=O)(=O)c2cccc(N=C=S)c2)c2ccc(Cl)cc2[C@]1(O)c1ccccc1Cl. The van der Waals surface area contributed by atoms with Gasteiger partial charge >= 0.3 is 0 Å². The van der Waals surface area contributed by atoms with Crippen LogP contribution in [0.4, 0.5) is 11.4 Å². The number of primary amides is 1. The standard InChI is InChI=1S/C27H22Cl2N4O5S2/c28-16-10-11-22-20(13-16)27(36,19-7-1-2-8-21(19)29)24(26(35)32-12-4-9-23(32)25(30)34)33(22)40(37,38)18-6-3-5-17(14-18)31-15-39/h1-3,5-8,10-11,13-14,23-24,36H,4,9,12H2,(H2,30,34)/t23-,24-,27+/m0/s1. The molecule has 0 radical (unpaired) electrons. The Kier molecular flexibility index (Phi) is 7.47. The number of aliphatic hydroxyl groups is 1. The number of benzene rings is 3. The number of thiocarbonyl (C=S) groups is 1. The van der Waals surface area contributed by atoms with Crippen LogP contribution in [0.25, 0.3) is 0 Å². The van der Waals surface area contributed by atoms with Gasteiger partial charge in [0.25, 0.3) is 15.9 Å². The Hall–Kier alpha value is -3.31. The Morgan fingerprint density at radius 1 is 1.07 bits per heavy atom. The fourth-order valence-corrected chi connectivity index (χ4v) is 7.68. The van der Waals surface area contributed by atoms with Crippen LogP contribution >= 0.6 is 35.4 Å². The van der Waals surface area contributed by atoms with E-state index in [1.807, 2.05) is 0 Å². The van der Waals surface area contributed by atoms with Crippen molar-refractivity contribution in [2.24, 2.45) is 10.7 Å². The highest BCUT2D eigenvalue weighted by molar-refractivity contribution is 7.93. The van der Waals surface area contributed by atoms with Crippen LogP contribution in [0.5, 0.6) is 0 Å². The smallest absolute Gasteiger partial charge is 0.265 e. The molecule has 0 aliphatic carbocycles. The van der Waals surface area contributed by atoms with Gasteiger partial charge in [0.2, 0.25) is 5.91 Å². The van der Waals surface area contributed by atoms with Crippen molar-refractivity contribution in [3.05, 3.63) is 87.9 Å². The van der Waals surface area contributed by atoms with Crippen LogP contribution in [0, 0.1) is 0 Å². The predicted molar refractivity (Wildman–Crippen MR) is 154 cm³/mol. The van der Waals surface area contributed by atoms with Crippen molar-refractivity contribution in [3.63, 3.8) is 0 Å². The molecule has 40 heavy (non-hydrogen) atoms. The minimum absolute atomic E-state index is 0.0173. The number of sulfonamides is 1. The predicted octanol–water partition coefficient (Wildman–Crippen LogP) is 4.02. The van der Waals surface area contributed by atoms with Crippen molar-refractivity contribution < 1.29 is 23.1 Å². The molecule has 3 atom stereocenters. The first-order chi connectivity index (χ1) is 19.0. The number of aliphatic imine (C=N–C) groups is 1. The molecule has 1 fully saturated rings. The molecule has 3 aromatic rings. The molecule has 13 heteroatoms. The van der Waals surface area contributed by atoms with Crippen molar-refractivity contribution in [2.45, 2.75) is 35.4 Å². The second-order valence-corrected chi connectivity index (χ2v) is 12.2. The fourth-order valence-electron chi connectivity index (χ4n) is 5.43. The molecule has 3 N–H and O–H groups in total. The summed E-state index contributed by atoms with van der Waals surface area (Å²) in [4.78, 5) is 31.5. The molecule has 206 valence electrons. The van der Waals surface area contributed by atoms with E-state index in [-0.39, 0.29) is 44.0 Å². The molecule has 5 rings (SSSR count). The number of hydrogen-bond acceptors (Lipinski definition) is 7. The Labute approximate surface area is 245 Å². The first-order valence-electron chi connectivity index (χ1n) is 12.1. The molecule has 0 spiro atoms. The third-order valence-corrected chi connectivity index (χ3v) is 9.60. The Morgan fingerprint density at radius 2 is 1.82 bits per heavy atom. The van der Waals surface area contributed by atoms with Crippen LogP contribution < -0.4 is 10.0 Å². The number of nitrogens with zero attached hydrogens (tertiary/aromatic N) is 3. The van der Waals surface area contributed by atoms with Gasteiger partial charge in [-0.25, -0.2) is 12.7 Å². The molecule has 0 unspecified atom stereocenters. The summed E-state index contributed by atoms with van der Waals surface area (Å²) in [7, 11) is -4.56. The highest BCUT2D eigenvalue weighted by Crippen LogP contribution is 2.53. The lowest BCUT2D eigenvalue weighted by molar-refractivity contribution is -0.141. The number of anilines is 1. The van der Waals surface area contributed by atoms with E-state index in [1.54, 1.807) is 18.2 Å². The summed E-state index contributed by atoms with van der Waals surface area (Å²) >= 11 is 17.6. The maximum absolute atomic E-state index is 14.4. The van der Waals surface area contributed by atoms with Gasteiger partial charge in [-0.2, -0.15) is 4.99 Å². The molecule has 0 bridgehead atoms. The second-order valence-electron chi connectivity index (χ2n) is 9.40. The quantitative estimate of drug-likeness (QED) is 0.317. The summed E-state index contributed by atoms with van der Waals surface area (Å²) in [5, 5.41) is 15.1. The van der Waals surface area contributed by atoms with E-state index in [0.717, 1.165) is 4.31 Å². The molecule has 1 saturated heterocycles. The maximum atomic E-state index is 14.4. The number of rotatable bonds is 6. The van der Waals surface area contributed by atoms with Gasteiger partial charge in [-0.05, 0) is 67.5 Å². The van der Waals surface area contributed by atoms with Crippen LogP contribution in [0.3, 0.4) is 0 Å². The zero-order valence-corrected chi connectivity index (χ0v) is 23.8. The normalized spacial score (nSPS) is 22.1. The zero-order chi connectivity index (χ0) is 28.8. The maximum Gasteiger partial charge on any atom is 0.265 e. The molecule has 2 amide bonds. The topological polar surface area (TPSA) is 133 Å². The lowest BCUT2D eigenvalue weighted by atomic mass is 9.82. The van der Waals surface area contributed by atoms with Crippen LogP contribution in [-0.4, -0.2) is 54.0 Å². The van der Waals surface area contributed by atoms with Crippen LogP contribution in [0.1, 0.15) is 24.0 Å². The number of fused-ring (bicyclic) bond motifs is 1. The van der Waals surface area contributed by atoms with Crippen molar-refractivity contribution in [2.75, 3.05) is 10.8 Å². The van der Waals surface area contributed by atoms with Gasteiger partial charge in [0.05, 0.1) is 21.4 Å². The molecular weight excluding hydrogens is 595 g/mol. The average Bonchev–Trinajstić information content (AvgIpc) is 3.51. The Bertz CT molecular complexity index is 1700. The monoisotopic (exact) mass is 616 g/mol. The van der Waals surface area contributed by atoms with E-state index in [4.69, 9.17) is 28.9 Å². The number of carbonyl (C=O) groups is 2. The van der Waals surface area contributed by atoms with Gasteiger partial charge in [-0.15, -0.1) is 0 Å². The molecule has 9 nitrogen and oxygen atoms in total. The molecule has 0 saturated carbocycles. The average molecular weight is 618 g/mol. The summed E-state index contributed by atoms with van der Waals surface area (Å²) in [6, 6.07) is 13.4. The zero-order valence-electron chi connectivity index (χ0n) is 20.7. The third kappa shape index (κ3) is 4.49. The Morgan fingerprint density at radius 3 is 2.52 bits per heavy atom. The number of nitrogens with two attached hydrogens (primary N) is 1. The van der Waals surface area contributed by atoms with Gasteiger partial charge in [0.15, 0.2) is 6.04 Å². The highest BCUT2D eigenvalue weighted by Gasteiger charge is 2.61. The third-order valence-electron chi connectivity index (χ3n) is 7.17. The van der Waals surface area contributed by atoms with Gasteiger partial charge in [-0.1, -0.05) is 47.5 Å². The van der Waals surface area contributed by atoms with Gasteiger partial charge in [0.1, 0.15) is 11.6 Å². The molecule has 2 heterocycles. The molecule has 2 aliphatic heterocycles.